The third-order valence-corrected chi connectivity index (χ3v) is 2.56. The molecule has 1 heterocycles. The second-order valence-corrected chi connectivity index (χ2v) is 5.26. The number of likely N-dealkylation sites (tertiary alicyclic amines) is 1. The molecule has 1 atom stereocenters. The highest BCUT2D eigenvalue weighted by molar-refractivity contribution is 5.68. The van der Waals surface area contributed by atoms with Crippen molar-refractivity contribution < 1.29 is 9.53 Å². The molecule has 0 aromatic rings. The van der Waals surface area contributed by atoms with Gasteiger partial charge in [-0.05, 0) is 45.6 Å². The lowest BCUT2D eigenvalue weighted by atomic mass is 10.1. The van der Waals surface area contributed by atoms with Crippen LogP contribution < -0.4 is 0 Å². The van der Waals surface area contributed by atoms with E-state index in [1.165, 1.54) is 0 Å². The highest BCUT2D eigenvalue weighted by Gasteiger charge is 2.24. The Morgan fingerprint density at radius 2 is 2.12 bits per heavy atom. The van der Waals surface area contributed by atoms with Crippen LogP contribution >= 0.6 is 0 Å². The summed E-state index contributed by atoms with van der Waals surface area (Å²) < 4.78 is 5.31. The number of carbonyl (C=O) groups excluding carboxylic acids is 1. The van der Waals surface area contributed by atoms with E-state index in [0.29, 0.717) is 19.5 Å². The molecule has 0 aliphatic carbocycles. The fourth-order valence-corrected chi connectivity index (χ4v) is 1.78. The molecule has 17 heavy (non-hydrogen) atoms. The van der Waals surface area contributed by atoms with Crippen LogP contribution in [0.15, 0.2) is 5.11 Å². The van der Waals surface area contributed by atoms with Gasteiger partial charge in [-0.2, -0.15) is 0 Å². The Hall–Kier alpha value is -1.42. The summed E-state index contributed by atoms with van der Waals surface area (Å²) in [5.74, 6) is 0. The van der Waals surface area contributed by atoms with Crippen molar-refractivity contribution in [3.63, 3.8) is 0 Å². The molecule has 0 saturated carbocycles. The van der Waals surface area contributed by atoms with Gasteiger partial charge in [0.1, 0.15) is 5.60 Å². The molecule has 1 rings (SSSR count). The average Bonchev–Trinajstić information content (AvgIpc) is 2.41. The third kappa shape index (κ3) is 4.95. The van der Waals surface area contributed by atoms with Gasteiger partial charge in [0.2, 0.25) is 0 Å². The first-order valence-corrected chi connectivity index (χ1v) is 5.94. The summed E-state index contributed by atoms with van der Waals surface area (Å²) >= 11 is 0. The zero-order chi connectivity index (χ0) is 12.9. The van der Waals surface area contributed by atoms with E-state index in [1.807, 2.05) is 20.8 Å². The van der Waals surface area contributed by atoms with Crippen LogP contribution in [-0.2, 0) is 4.74 Å². The maximum Gasteiger partial charge on any atom is 0.410 e. The van der Waals surface area contributed by atoms with E-state index < -0.39 is 5.60 Å². The Bertz CT molecular complexity index is 318. The molecule has 96 valence electrons. The van der Waals surface area contributed by atoms with Crippen LogP contribution in [-0.4, -0.2) is 35.7 Å². The summed E-state index contributed by atoms with van der Waals surface area (Å²) in [4.78, 5) is 16.3. The Morgan fingerprint density at radius 3 is 2.71 bits per heavy atom. The highest BCUT2D eigenvalue weighted by Crippen LogP contribution is 2.17. The number of azide groups is 1. The minimum atomic E-state index is -0.465. The van der Waals surface area contributed by atoms with Crippen molar-refractivity contribution in [1.82, 2.24) is 4.90 Å². The highest BCUT2D eigenvalue weighted by atomic mass is 16.6. The summed E-state index contributed by atoms with van der Waals surface area (Å²) in [7, 11) is 0. The Balaban J connectivity index is 2.51. The predicted molar refractivity (Wildman–Crippen MR) is 64.6 cm³/mol. The normalized spacial score (nSPS) is 21.4. The molecule has 0 aromatic carbocycles. The average molecular weight is 240 g/mol. The van der Waals surface area contributed by atoms with Crippen molar-refractivity contribution in [3.05, 3.63) is 10.4 Å². The second kappa shape index (κ2) is 5.77. The van der Waals surface area contributed by atoms with Crippen LogP contribution in [0, 0.1) is 0 Å². The standard InChI is InChI=1S/C11H20N4O2/c1-11(2,3)17-10(16)15-7-4-5-9(6-8-15)13-14-12/h9H,4-8H2,1-3H3/t9-/m0/s1. The van der Waals surface area contributed by atoms with Gasteiger partial charge >= 0.3 is 6.09 Å². The second-order valence-electron chi connectivity index (χ2n) is 5.26. The van der Waals surface area contributed by atoms with Gasteiger partial charge in [-0.15, -0.1) is 0 Å². The van der Waals surface area contributed by atoms with Gasteiger partial charge in [0.05, 0.1) is 0 Å². The monoisotopic (exact) mass is 240 g/mol. The lowest BCUT2D eigenvalue weighted by Crippen LogP contribution is -2.37. The van der Waals surface area contributed by atoms with Crippen LogP contribution in [0.5, 0.6) is 0 Å². The summed E-state index contributed by atoms with van der Waals surface area (Å²) in [6, 6.07) is 0.00689. The Kier molecular flexibility index (Phi) is 4.63. The molecule has 0 N–H and O–H groups in total. The molecular formula is C11H20N4O2. The molecule has 1 saturated heterocycles. The van der Waals surface area contributed by atoms with E-state index in [-0.39, 0.29) is 12.1 Å². The molecule has 0 radical (unpaired) electrons. The van der Waals surface area contributed by atoms with Crippen LogP contribution in [0.25, 0.3) is 10.4 Å². The minimum Gasteiger partial charge on any atom is -0.444 e. The zero-order valence-corrected chi connectivity index (χ0v) is 10.7. The van der Waals surface area contributed by atoms with Crippen molar-refractivity contribution in [2.75, 3.05) is 13.1 Å². The quantitative estimate of drug-likeness (QED) is 0.401. The molecule has 0 unspecified atom stereocenters. The minimum absolute atomic E-state index is 0.00689. The van der Waals surface area contributed by atoms with E-state index in [4.69, 9.17) is 10.3 Å². The molecule has 0 spiro atoms. The number of nitrogens with zero attached hydrogens (tertiary/aromatic N) is 4. The van der Waals surface area contributed by atoms with Crippen molar-refractivity contribution in [2.45, 2.75) is 51.7 Å². The van der Waals surface area contributed by atoms with Gasteiger partial charge in [-0.1, -0.05) is 5.11 Å². The fraction of sp³-hybridized carbons (Fsp3) is 0.909. The van der Waals surface area contributed by atoms with Crippen LogP contribution in [0.3, 0.4) is 0 Å². The van der Waals surface area contributed by atoms with E-state index >= 15 is 0 Å². The molecule has 1 aliphatic heterocycles. The van der Waals surface area contributed by atoms with Gasteiger partial charge in [0.25, 0.3) is 0 Å². The maximum atomic E-state index is 11.8. The number of amides is 1. The third-order valence-electron chi connectivity index (χ3n) is 2.56. The molecule has 0 aromatic heterocycles. The first kappa shape index (κ1) is 13.6. The topological polar surface area (TPSA) is 78.3 Å². The summed E-state index contributed by atoms with van der Waals surface area (Å²) in [5, 5.41) is 3.71. The molecule has 6 heteroatoms. The van der Waals surface area contributed by atoms with Crippen molar-refractivity contribution in [3.8, 4) is 0 Å². The van der Waals surface area contributed by atoms with Crippen LogP contribution in [0.2, 0.25) is 0 Å². The molecule has 1 amide bonds. The van der Waals surface area contributed by atoms with Crippen molar-refractivity contribution >= 4 is 6.09 Å². The number of carbonyl (C=O) groups is 1. The summed E-state index contributed by atoms with van der Waals surface area (Å²) in [5.41, 5.74) is 7.93. The fourth-order valence-electron chi connectivity index (χ4n) is 1.78. The Morgan fingerprint density at radius 1 is 1.41 bits per heavy atom. The molecular weight excluding hydrogens is 220 g/mol. The van der Waals surface area contributed by atoms with Gasteiger partial charge in [-0.3, -0.25) is 0 Å². The smallest absolute Gasteiger partial charge is 0.410 e. The largest absolute Gasteiger partial charge is 0.444 e. The summed E-state index contributed by atoms with van der Waals surface area (Å²) in [6.07, 6.45) is 2.12. The number of hydrogen-bond donors (Lipinski definition) is 0. The van der Waals surface area contributed by atoms with Crippen molar-refractivity contribution in [1.29, 1.82) is 0 Å². The predicted octanol–water partition coefficient (Wildman–Crippen LogP) is 3.09. The first-order valence-electron chi connectivity index (χ1n) is 5.94. The van der Waals surface area contributed by atoms with E-state index in [2.05, 4.69) is 10.0 Å². The lowest BCUT2D eigenvalue weighted by Gasteiger charge is -2.26. The van der Waals surface area contributed by atoms with Gasteiger partial charge in [-0.25, -0.2) is 4.79 Å². The van der Waals surface area contributed by atoms with Crippen molar-refractivity contribution in [2.24, 2.45) is 5.11 Å². The molecule has 0 bridgehead atoms. The molecule has 1 aliphatic rings. The Labute approximate surface area is 102 Å². The first-order chi connectivity index (χ1) is 7.92. The SMILES string of the molecule is CC(C)(C)OC(=O)N1CCC[C@H](N=[N+]=[N-])CC1. The number of rotatable bonds is 1. The number of hydrogen-bond acceptors (Lipinski definition) is 3. The molecule has 6 nitrogen and oxygen atoms in total. The molecule has 1 fully saturated rings. The van der Waals surface area contributed by atoms with E-state index in [1.54, 1.807) is 4.90 Å². The van der Waals surface area contributed by atoms with Crippen LogP contribution in [0.4, 0.5) is 4.79 Å². The van der Waals surface area contributed by atoms with Crippen LogP contribution in [0.1, 0.15) is 40.0 Å². The summed E-state index contributed by atoms with van der Waals surface area (Å²) in [6.45, 7) is 6.83. The van der Waals surface area contributed by atoms with E-state index in [9.17, 15) is 4.79 Å². The lowest BCUT2D eigenvalue weighted by molar-refractivity contribution is 0.0256. The zero-order valence-electron chi connectivity index (χ0n) is 10.7. The van der Waals surface area contributed by atoms with Gasteiger partial charge in [0, 0.05) is 24.0 Å². The number of ether oxygens (including phenoxy) is 1. The maximum absolute atomic E-state index is 11.8. The van der Waals surface area contributed by atoms with Gasteiger partial charge in [0.15, 0.2) is 0 Å². The van der Waals surface area contributed by atoms with E-state index in [0.717, 1.165) is 12.8 Å². The van der Waals surface area contributed by atoms with Gasteiger partial charge < -0.3 is 9.64 Å².